The minimum absolute atomic E-state index is 0.105. The quantitative estimate of drug-likeness (QED) is 0.915. The Morgan fingerprint density at radius 1 is 1.32 bits per heavy atom. The van der Waals surface area contributed by atoms with Gasteiger partial charge in [-0.25, -0.2) is 0 Å². The Morgan fingerprint density at radius 3 is 2.58 bits per heavy atom. The van der Waals surface area contributed by atoms with Crippen molar-refractivity contribution >= 4 is 5.91 Å². The largest absolute Gasteiger partial charge is 0.469 e. The molecular formula is C15H18N2O2. The zero-order valence-corrected chi connectivity index (χ0v) is 11.2. The number of aryl methyl sites for hydroxylation is 1. The first-order valence-electron chi connectivity index (χ1n) is 6.18. The van der Waals surface area contributed by atoms with E-state index in [0.717, 1.165) is 16.9 Å². The molecular weight excluding hydrogens is 240 g/mol. The average Bonchev–Trinajstić information content (AvgIpc) is 2.83. The number of rotatable bonds is 4. The van der Waals surface area contributed by atoms with Gasteiger partial charge in [-0.2, -0.15) is 0 Å². The maximum atomic E-state index is 12.3. The number of nitrogens with two attached hydrogens (primary N) is 1. The number of amides is 1. The summed E-state index contributed by atoms with van der Waals surface area (Å²) in [5.74, 6) is 0.722. The second kappa shape index (κ2) is 5.71. The standard InChI is InChI=1S/C15H18N2O2/c1-11-13(8-9-19-11)10-17(2)15(18)14(16)12-6-4-3-5-7-12/h3-9,14H,10,16H2,1-2H3. The van der Waals surface area contributed by atoms with Crippen molar-refractivity contribution in [2.75, 3.05) is 7.05 Å². The van der Waals surface area contributed by atoms with E-state index in [9.17, 15) is 4.79 Å². The zero-order chi connectivity index (χ0) is 13.8. The van der Waals surface area contributed by atoms with Crippen molar-refractivity contribution in [1.29, 1.82) is 0 Å². The lowest BCUT2D eigenvalue weighted by Crippen LogP contribution is -2.35. The van der Waals surface area contributed by atoms with E-state index in [-0.39, 0.29) is 5.91 Å². The highest BCUT2D eigenvalue weighted by Gasteiger charge is 2.20. The van der Waals surface area contributed by atoms with Gasteiger partial charge in [-0.1, -0.05) is 30.3 Å². The predicted octanol–water partition coefficient (Wildman–Crippen LogP) is 2.25. The molecule has 19 heavy (non-hydrogen) atoms. The summed E-state index contributed by atoms with van der Waals surface area (Å²) in [5.41, 5.74) is 7.81. The number of hydrogen-bond acceptors (Lipinski definition) is 3. The van der Waals surface area contributed by atoms with Crippen LogP contribution in [-0.2, 0) is 11.3 Å². The highest BCUT2D eigenvalue weighted by Crippen LogP contribution is 2.16. The monoisotopic (exact) mass is 258 g/mol. The van der Waals surface area contributed by atoms with Crippen LogP contribution in [0.15, 0.2) is 47.1 Å². The van der Waals surface area contributed by atoms with Crippen molar-refractivity contribution in [3.63, 3.8) is 0 Å². The van der Waals surface area contributed by atoms with Crippen LogP contribution in [0.4, 0.5) is 0 Å². The lowest BCUT2D eigenvalue weighted by Gasteiger charge is -2.21. The molecule has 2 aromatic rings. The maximum absolute atomic E-state index is 12.3. The third-order valence-electron chi connectivity index (χ3n) is 3.17. The van der Waals surface area contributed by atoms with Crippen LogP contribution >= 0.6 is 0 Å². The van der Waals surface area contributed by atoms with E-state index in [4.69, 9.17) is 10.2 Å². The molecule has 2 N–H and O–H groups in total. The van der Waals surface area contributed by atoms with Crippen LogP contribution in [0.25, 0.3) is 0 Å². The third-order valence-corrected chi connectivity index (χ3v) is 3.17. The van der Waals surface area contributed by atoms with Crippen molar-refractivity contribution in [2.24, 2.45) is 5.73 Å². The van der Waals surface area contributed by atoms with Crippen LogP contribution in [0.3, 0.4) is 0 Å². The number of benzene rings is 1. The number of carbonyl (C=O) groups excluding carboxylic acids is 1. The maximum Gasteiger partial charge on any atom is 0.244 e. The molecule has 1 atom stereocenters. The molecule has 2 rings (SSSR count). The Kier molecular flexibility index (Phi) is 4.02. The zero-order valence-electron chi connectivity index (χ0n) is 11.2. The number of likely N-dealkylation sites (N-methyl/N-ethyl adjacent to an activating group) is 1. The van der Waals surface area contributed by atoms with Gasteiger partial charge < -0.3 is 15.1 Å². The van der Waals surface area contributed by atoms with Gasteiger partial charge in [0, 0.05) is 19.2 Å². The van der Waals surface area contributed by atoms with Crippen LogP contribution in [0.1, 0.15) is 22.9 Å². The summed E-state index contributed by atoms with van der Waals surface area (Å²) in [4.78, 5) is 13.9. The summed E-state index contributed by atoms with van der Waals surface area (Å²) >= 11 is 0. The molecule has 4 nitrogen and oxygen atoms in total. The van der Waals surface area contributed by atoms with Crippen LogP contribution in [0, 0.1) is 6.92 Å². The number of furan rings is 1. The van der Waals surface area contributed by atoms with Gasteiger partial charge in [0.05, 0.1) is 6.26 Å². The summed E-state index contributed by atoms with van der Waals surface area (Å²) in [7, 11) is 1.75. The minimum atomic E-state index is -0.626. The molecule has 0 bridgehead atoms. The molecule has 1 aromatic carbocycles. The Labute approximate surface area is 112 Å². The Balaban J connectivity index is 2.05. The number of carbonyl (C=O) groups is 1. The predicted molar refractivity (Wildman–Crippen MR) is 73.3 cm³/mol. The van der Waals surface area contributed by atoms with Gasteiger partial charge in [0.2, 0.25) is 5.91 Å². The van der Waals surface area contributed by atoms with Gasteiger partial charge in [-0.05, 0) is 18.6 Å². The molecule has 100 valence electrons. The average molecular weight is 258 g/mol. The van der Waals surface area contributed by atoms with Gasteiger partial charge >= 0.3 is 0 Å². The molecule has 0 aliphatic rings. The molecule has 0 aliphatic heterocycles. The van der Waals surface area contributed by atoms with Crippen molar-refractivity contribution in [3.05, 3.63) is 59.5 Å². The molecule has 0 spiro atoms. The number of hydrogen-bond donors (Lipinski definition) is 1. The molecule has 1 unspecified atom stereocenters. The fourth-order valence-electron chi connectivity index (χ4n) is 1.95. The highest BCUT2D eigenvalue weighted by atomic mass is 16.3. The second-order valence-electron chi connectivity index (χ2n) is 4.58. The fraction of sp³-hybridized carbons (Fsp3) is 0.267. The van der Waals surface area contributed by atoms with Gasteiger partial charge in [0.25, 0.3) is 0 Å². The first-order chi connectivity index (χ1) is 9.09. The SMILES string of the molecule is Cc1occc1CN(C)C(=O)C(N)c1ccccc1. The van der Waals surface area contributed by atoms with Crippen molar-refractivity contribution < 1.29 is 9.21 Å². The van der Waals surface area contributed by atoms with Crippen molar-refractivity contribution in [1.82, 2.24) is 4.90 Å². The molecule has 0 radical (unpaired) electrons. The van der Waals surface area contributed by atoms with Crippen molar-refractivity contribution in [3.8, 4) is 0 Å². The van der Waals surface area contributed by atoms with Gasteiger partial charge in [0.1, 0.15) is 11.8 Å². The van der Waals surface area contributed by atoms with E-state index in [1.807, 2.05) is 43.3 Å². The Bertz CT molecular complexity index is 548. The summed E-state index contributed by atoms with van der Waals surface area (Å²) in [5, 5.41) is 0. The van der Waals surface area contributed by atoms with Crippen LogP contribution in [0.2, 0.25) is 0 Å². The molecule has 4 heteroatoms. The molecule has 0 fully saturated rings. The first-order valence-corrected chi connectivity index (χ1v) is 6.18. The second-order valence-corrected chi connectivity index (χ2v) is 4.58. The van der Waals surface area contributed by atoms with E-state index in [0.29, 0.717) is 6.54 Å². The Hall–Kier alpha value is -2.07. The van der Waals surface area contributed by atoms with Crippen LogP contribution in [0.5, 0.6) is 0 Å². The molecule has 0 saturated carbocycles. The smallest absolute Gasteiger partial charge is 0.244 e. The van der Waals surface area contributed by atoms with E-state index >= 15 is 0 Å². The lowest BCUT2D eigenvalue weighted by molar-refractivity contribution is -0.131. The summed E-state index contributed by atoms with van der Waals surface area (Å²) in [6, 6.07) is 10.6. The van der Waals surface area contributed by atoms with E-state index in [1.54, 1.807) is 18.2 Å². The molecule has 1 aromatic heterocycles. The molecule has 0 saturated heterocycles. The van der Waals surface area contributed by atoms with Gasteiger partial charge in [-0.15, -0.1) is 0 Å². The highest BCUT2D eigenvalue weighted by molar-refractivity contribution is 5.82. The fourth-order valence-corrected chi connectivity index (χ4v) is 1.95. The summed E-state index contributed by atoms with van der Waals surface area (Å²) < 4.78 is 5.22. The van der Waals surface area contributed by atoms with Gasteiger partial charge in [-0.3, -0.25) is 4.79 Å². The Morgan fingerprint density at radius 2 is 2.00 bits per heavy atom. The van der Waals surface area contributed by atoms with Gasteiger partial charge in [0.15, 0.2) is 0 Å². The van der Waals surface area contributed by atoms with E-state index in [2.05, 4.69) is 0 Å². The van der Waals surface area contributed by atoms with Crippen molar-refractivity contribution in [2.45, 2.75) is 19.5 Å². The first kappa shape index (κ1) is 13.4. The lowest BCUT2D eigenvalue weighted by atomic mass is 10.1. The summed E-state index contributed by atoms with van der Waals surface area (Å²) in [6.45, 7) is 2.38. The van der Waals surface area contributed by atoms with E-state index < -0.39 is 6.04 Å². The van der Waals surface area contributed by atoms with Crippen LogP contribution in [-0.4, -0.2) is 17.9 Å². The van der Waals surface area contributed by atoms with E-state index in [1.165, 1.54) is 0 Å². The normalized spacial score (nSPS) is 12.2. The minimum Gasteiger partial charge on any atom is -0.469 e. The number of nitrogens with zero attached hydrogens (tertiary/aromatic N) is 1. The summed E-state index contributed by atoms with van der Waals surface area (Å²) in [6.07, 6.45) is 1.63. The topological polar surface area (TPSA) is 59.5 Å². The van der Waals surface area contributed by atoms with Crippen LogP contribution < -0.4 is 5.73 Å². The molecule has 0 aliphatic carbocycles. The molecule has 1 heterocycles. The third kappa shape index (κ3) is 3.03. The molecule has 1 amide bonds.